The van der Waals surface area contributed by atoms with Crippen molar-refractivity contribution in [2.75, 3.05) is 0 Å². The van der Waals surface area contributed by atoms with Gasteiger partial charge in [-0.3, -0.25) is 10.2 Å². The Kier molecular flexibility index (Phi) is 1.33. The average Bonchev–Trinajstić information content (AvgIpc) is 2.87. The summed E-state index contributed by atoms with van der Waals surface area (Å²) in [7, 11) is 0. The third-order valence-corrected chi connectivity index (χ3v) is 1.67. The van der Waals surface area contributed by atoms with Crippen molar-refractivity contribution in [2.45, 2.75) is 0 Å². The fourth-order valence-electron chi connectivity index (χ4n) is 1.05. The van der Waals surface area contributed by atoms with E-state index in [1.54, 1.807) is 18.2 Å². The first-order valence-corrected chi connectivity index (χ1v) is 3.52. The van der Waals surface area contributed by atoms with Gasteiger partial charge in [0, 0.05) is 5.56 Å². The van der Waals surface area contributed by atoms with Crippen LogP contribution in [0.25, 0.3) is 0 Å². The highest BCUT2D eigenvalue weighted by atomic mass is 16.1. The number of hydrazone groups is 1. The van der Waals surface area contributed by atoms with Gasteiger partial charge in [0.25, 0.3) is 0 Å². The first-order valence-electron chi connectivity index (χ1n) is 3.52. The topological polar surface area (TPSA) is 77.4 Å². The standard InChI is InChI=1S/C8H7N3O/c9-7(12)5-3-1-2-4-6(5)8-10-11-8/h1-4H,(H2,9,12)(H,10,11). The Bertz CT molecular complexity index is 349. The van der Waals surface area contributed by atoms with Crippen LogP contribution < -0.4 is 11.2 Å². The van der Waals surface area contributed by atoms with Crippen molar-refractivity contribution in [3.63, 3.8) is 0 Å². The number of primary amides is 1. The Labute approximate surface area is 69.1 Å². The molecule has 0 unspecified atom stereocenters. The first kappa shape index (κ1) is 6.84. The van der Waals surface area contributed by atoms with Crippen LogP contribution in [0.2, 0.25) is 0 Å². The number of carbonyl (C=O) groups excluding carboxylic acids is 1. The van der Waals surface area contributed by atoms with Gasteiger partial charge in [-0.1, -0.05) is 18.2 Å². The first-order chi connectivity index (χ1) is 5.79. The Morgan fingerprint density at radius 1 is 1.42 bits per heavy atom. The van der Waals surface area contributed by atoms with Gasteiger partial charge in [0.2, 0.25) is 5.91 Å². The molecule has 1 aromatic rings. The van der Waals surface area contributed by atoms with Gasteiger partial charge in [-0.05, 0) is 6.07 Å². The largest absolute Gasteiger partial charge is 0.366 e. The maximum Gasteiger partial charge on any atom is 0.249 e. The summed E-state index contributed by atoms with van der Waals surface area (Å²) in [5.74, 6) is 0.298. The molecule has 0 radical (unpaired) electrons. The molecule has 2 rings (SSSR count). The van der Waals surface area contributed by atoms with Crippen molar-refractivity contribution < 1.29 is 4.79 Å². The fourth-order valence-corrected chi connectivity index (χ4v) is 1.05. The Hall–Kier alpha value is -1.84. The molecule has 0 saturated carbocycles. The second-order valence-electron chi connectivity index (χ2n) is 2.48. The summed E-state index contributed by atoms with van der Waals surface area (Å²) in [6.45, 7) is 0. The van der Waals surface area contributed by atoms with Gasteiger partial charge < -0.3 is 5.73 Å². The van der Waals surface area contributed by atoms with Crippen LogP contribution in [0.5, 0.6) is 0 Å². The lowest BCUT2D eigenvalue weighted by Gasteiger charge is -1.98. The van der Waals surface area contributed by atoms with Crippen LogP contribution in [0.15, 0.2) is 29.4 Å². The molecule has 0 bridgehead atoms. The summed E-state index contributed by atoms with van der Waals surface area (Å²) < 4.78 is 0. The Morgan fingerprint density at radius 2 is 2.08 bits per heavy atom. The second-order valence-corrected chi connectivity index (χ2v) is 2.48. The van der Waals surface area contributed by atoms with E-state index in [-0.39, 0.29) is 0 Å². The average molecular weight is 161 g/mol. The minimum absolute atomic E-state index is 0.429. The summed E-state index contributed by atoms with van der Waals surface area (Å²) in [5.41, 5.74) is 9.11. The number of nitrogens with two attached hydrogens (primary N) is 1. The number of nitrogens with one attached hydrogen (secondary N) is 1. The highest BCUT2D eigenvalue weighted by Crippen LogP contribution is 2.11. The van der Waals surface area contributed by atoms with Crippen molar-refractivity contribution in [1.29, 1.82) is 0 Å². The zero-order chi connectivity index (χ0) is 8.55. The van der Waals surface area contributed by atoms with Crippen LogP contribution in [0.4, 0.5) is 0 Å². The van der Waals surface area contributed by atoms with Crippen molar-refractivity contribution in [3.05, 3.63) is 35.4 Å². The lowest BCUT2D eigenvalue weighted by molar-refractivity contribution is 0.1000. The Morgan fingerprint density at radius 3 is 2.67 bits per heavy atom. The van der Waals surface area contributed by atoms with E-state index < -0.39 is 5.91 Å². The van der Waals surface area contributed by atoms with E-state index in [2.05, 4.69) is 10.5 Å². The van der Waals surface area contributed by atoms with E-state index in [1.165, 1.54) is 0 Å². The van der Waals surface area contributed by atoms with Crippen molar-refractivity contribution in [2.24, 2.45) is 10.8 Å². The van der Waals surface area contributed by atoms with Crippen LogP contribution in [0, 0.1) is 0 Å². The molecule has 0 aliphatic carbocycles. The zero-order valence-electron chi connectivity index (χ0n) is 6.24. The number of nitrogens with zero attached hydrogens (tertiary/aromatic N) is 1. The van der Waals surface area contributed by atoms with Crippen LogP contribution in [-0.4, -0.2) is 11.7 Å². The molecule has 1 aromatic carbocycles. The maximum absolute atomic E-state index is 10.9. The predicted octanol–water partition coefficient (Wildman–Crippen LogP) is 0.0503. The number of amides is 1. The molecule has 0 aromatic heterocycles. The molecule has 0 atom stereocenters. The lowest BCUT2D eigenvalue weighted by atomic mass is 10.1. The maximum atomic E-state index is 10.9. The van der Waals surface area contributed by atoms with Gasteiger partial charge in [-0.15, -0.1) is 0 Å². The number of carbonyl (C=O) groups is 1. The SMILES string of the molecule is NC(=O)c1ccccc1C1=NN1. The number of hydrogen-bond donors (Lipinski definition) is 2. The minimum atomic E-state index is -0.429. The third kappa shape index (κ3) is 1.03. The summed E-state index contributed by atoms with van der Waals surface area (Å²) >= 11 is 0. The smallest absolute Gasteiger partial charge is 0.249 e. The van der Waals surface area contributed by atoms with Gasteiger partial charge in [-0.25, -0.2) is 0 Å². The molecule has 3 N–H and O–H groups in total. The van der Waals surface area contributed by atoms with Crippen LogP contribution in [0.1, 0.15) is 15.9 Å². The summed E-state index contributed by atoms with van der Waals surface area (Å²) in [5, 5.41) is 3.77. The van der Waals surface area contributed by atoms with E-state index in [4.69, 9.17) is 5.73 Å². The lowest BCUT2D eigenvalue weighted by Crippen LogP contribution is -2.15. The number of hydrogen-bond acceptors (Lipinski definition) is 3. The predicted molar refractivity (Wildman–Crippen MR) is 44.6 cm³/mol. The Balaban J connectivity index is 2.51. The number of amidine groups is 1. The normalized spacial score (nSPS) is 13.2. The van der Waals surface area contributed by atoms with E-state index in [0.717, 1.165) is 11.4 Å². The van der Waals surface area contributed by atoms with Gasteiger partial charge in [0.1, 0.15) is 0 Å². The van der Waals surface area contributed by atoms with E-state index in [1.807, 2.05) is 6.07 Å². The van der Waals surface area contributed by atoms with Crippen molar-refractivity contribution >= 4 is 11.7 Å². The summed E-state index contributed by atoms with van der Waals surface area (Å²) in [4.78, 5) is 10.9. The van der Waals surface area contributed by atoms with Gasteiger partial charge >= 0.3 is 0 Å². The van der Waals surface area contributed by atoms with Crippen molar-refractivity contribution in [1.82, 2.24) is 5.43 Å². The van der Waals surface area contributed by atoms with E-state index in [9.17, 15) is 4.79 Å². The third-order valence-electron chi connectivity index (χ3n) is 1.67. The molecular weight excluding hydrogens is 154 g/mol. The van der Waals surface area contributed by atoms with Gasteiger partial charge in [0.15, 0.2) is 5.84 Å². The van der Waals surface area contributed by atoms with Gasteiger partial charge in [-0.2, -0.15) is 5.10 Å². The molecule has 1 aliphatic heterocycles. The molecule has 0 spiro atoms. The molecular formula is C8H7N3O. The number of rotatable bonds is 2. The van der Waals surface area contributed by atoms with Crippen LogP contribution >= 0.6 is 0 Å². The molecule has 1 amide bonds. The zero-order valence-corrected chi connectivity index (χ0v) is 6.24. The molecule has 0 fully saturated rings. The van der Waals surface area contributed by atoms with E-state index >= 15 is 0 Å². The molecule has 4 heteroatoms. The van der Waals surface area contributed by atoms with E-state index in [0.29, 0.717) is 5.56 Å². The molecule has 4 nitrogen and oxygen atoms in total. The van der Waals surface area contributed by atoms with Crippen LogP contribution in [-0.2, 0) is 0 Å². The van der Waals surface area contributed by atoms with Crippen LogP contribution in [0.3, 0.4) is 0 Å². The molecule has 12 heavy (non-hydrogen) atoms. The highest BCUT2D eigenvalue weighted by Gasteiger charge is 2.18. The van der Waals surface area contributed by atoms with Crippen molar-refractivity contribution in [3.8, 4) is 0 Å². The number of benzene rings is 1. The summed E-state index contributed by atoms with van der Waals surface area (Å²) in [6, 6.07) is 7.09. The molecule has 1 heterocycles. The highest BCUT2D eigenvalue weighted by molar-refractivity contribution is 6.12. The monoisotopic (exact) mass is 161 g/mol. The van der Waals surface area contributed by atoms with Gasteiger partial charge in [0.05, 0.1) is 5.56 Å². The summed E-state index contributed by atoms with van der Waals surface area (Å²) in [6.07, 6.45) is 0. The fraction of sp³-hybridized carbons (Fsp3) is 0. The molecule has 1 aliphatic rings. The quantitative estimate of drug-likeness (QED) is 0.642. The molecule has 0 saturated heterocycles. The second kappa shape index (κ2) is 2.34. The molecule has 60 valence electrons. The minimum Gasteiger partial charge on any atom is -0.366 e.